The molecule has 0 atom stereocenters. The van der Waals surface area contributed by atoms with Crippen LogP contribution in [0.3, 0.4) is 0 Å². The molecule has 1 aliphatic heterocycles. The number of aromatic nitrogens is 3. The van der Waals surface area contributed by atoms with Crippen LogP contribution in [0.2, 0.25) is 0 Å². The number of morpholine rings is 1. The molecule has 0 unspecified atom stereocenters. The second-order valence-electron chi connectivity index (χ2n) is 10.1. The highest BCUT2D eigenvalue weighted by Gasteiger charge is 2.37. The monoisotopic (exact) mass is 497 g/mol. The van der Waals surface area contributed by atoms with Crippen LogP contribution in [0.5, 0.6) is 5.75 Å². The topological polar surface area (TPSA) is 81.0 Å². The van der Waals surface area contributed by atoms with E-state index in [1.807, 2.05) is 49.7 Å². The highest BCUT2D eigenvalue weighted by atomic mass is 16.5. The summed E-state index contributed by atoms with van der Waals surface area (Å²) in [5, 5.41) is 3.47. The molecule has 37 heavy (non-hydrogen) atoms. The number of rotatable bonds is 6. The molecule has 8 heteroatoms. The number of benzene rings is 2. The summed E-state index contributed by atoms with van der Waals surface area (Å²) in [6.07, 6.45) is 6.12. The van der Waals surface area contributed by atoms with Crippen molar-refractivity contribution in [1.29, 1.82) is 0 Å². The fourth-order valence-corrected chi connectivity index (χ4v) is 5.27. The Morgan fingerprint density at radius 3 is 2.78 bits per heavy atom. The van der Waals surface area contributed by atoms with Gasteiger partial charge in [-0.05, 0) is 50.1 Å². The normalized spacial score (nSPS) is 16.7. The van der Waals surface area contributed by atoms with E-state index in [0.717, 1.165) is 58.2 Å². The Morgan fingerprint density at radius 2 is 1.97 bits per heavy atom. The summed E-state index contributed by atoms with van der Waals surface area (Å²) in [6, 6.07) is 12.4. The zero-order valence-corrected chi connectivity index (χ0v) is 21.5. The van der Waals surface area contributed by atoms with E-state index in [4.69, 9.17) is 14.5 Å². The van der Waals surface area contributed by atoms with Gasteiger partial charge in [-0.25, -0.2) is 9.97 Å². The zero-order chi connectivity index (χ0) is 25.6. The van der Waals surface area contributed by atoms with Gasteiger partial charge in [0.15, 0.2) is 11.5 Å². The van der Waals surface area contributed by atoms with Gasteiger partial charge in [-0.15, -0.1) is 0 Å². The van der Waals surface area contributed by atoms with Gasteiger partial charge in [0.1, 0.15) is 11.5 Å². The minimum atomic E-state index is -0.437. The molecular formula is C29H31N5O3. The second kappa shape index (κ2) is 9.19. The molecule has 8 nitrogen and oxygen atoms in total. The van der Waals surface area contributed by atoms with E-state index in [2.05, 4.69) is 39.5 Å². The number of fused-ring (bicyclic) bond motifs is 2. The molecule has 0 bridgehead atoms. The number of carbonyl (C=O) groups excluding carboxylic acids is 1. The first-order chi connectivity index (χ1) is 17.9. The van der Waals surface area contributed by atoms with Crippen molar-refractivity contribution in [3.05, 3.63) is 66.1 Å². The van der Waals surface area contributed by atoms with E-state index in [0.29, 0.717) is 32.1 Å². The third-order valence-corrected chi connectivity index (χ3v) is 7.37. The van der Waals surface area contributed by atoms with E-state index in [1.54, 1.807) is 6.20 Å². The highest BCUT2D eigenvalue weighted by molar-refractivity contribution is 5.96. The van der Waals surface area contributed by atoms with Crippen molar-refractivity contribution in [2.24, 2.45) is 0 Å². The van der Waals surface area contributed by atoms with Crippen LogP contribution in [0.1, 0.15) is 31.9 Å². The van der Waals surface area contributed by atoms with Gasteiger partial charge in [-0.2, -0.15) is 0 Å². The molecule has 2 aliphatic rings. The zero-order valence-electron chi connectivity index (χ0n) is 21.5. The Kier molecular flexibility index (Phi) is 5.83. The molecule has 4 aromatic rings. The number of ether oxygens (including phenoxy) is 2. The number of carbonyl (C=O) groups is 1. The van der Waals surface area contributed by atoms with E-state index < -0.39 is 5.41 Å². The van der Waals surface area contributed by atoms with Gasteiger partial charge >= 0.3 is 0 Å². The molecule has 190 valence electrons. The Labute approximate surface area is 216 Å². The molecule has 2 aromatic carbocycles. The van der Waals surface area contributed by atoms with Crippen molar-refractivity contribution in [2.45, 2.75) is 32.6 Å². The fourth-order valence-electron chi connectivity index (χ4n) is 5.27. The predicted molar refractivity (Wildman–Crippen MR) is 144 cm³/mol. The van der Waals surface area contributed by atoms with Gasteiger partial charge in [0.25, 0.3) is 0 Å². The molecule has 0 saturated carbocycles. The molecule has 1 fully saturated rings. The smallest absolute Gasteiger partial charge is 0.180 e. The van der Waals surface area contributed by atoms with Crippen molar-refractivity contribution >= 4 is 28.6 Å². The fraction of sp³-hybridized carbons (Fsp3) is 0.345. The SMILES string of the molecule is CCOc1cc(Nc2nc(-c3ccc4c(c3)CC(=O)C4(C)C)cn3ccnc23)ccc1N1CCOCC1. The van der Waals surface area contributed by atoms with Crippen LogP contribution < -0.4 is 15.0 Å². The molecule has 2 aromatic heterocycles. The van der Waals surface area contributed by atoms with Crippen molar-refractivity contribution < 1.29 is 14.3 Å². The first-order valence-corrected chi connectivity index (χ1v) is 12.8. The summed E-state index contributed by atoms with van der Waals surface area (Å²) in [5.41, 5.74) is 6.20. The van der Waals surface area contributed by atoms with Gasteiger partial charge in [-0.3, -0.25) is 4.79 Å². The summed E-state index contributed by atoms with van der Waals surface area (Å²) >= 11 is 0. The van der Waals surface area contributed by atoms with E-state index >= 15 is 0 Å². The summed E-state index contributed by atoms with van der Waals surface area (Å²) < 4.78 is 13.5. The Hall–Kier alpha value is -3.91. The molecule has 3 heterocycles. The third-order valence-electron chi connectivity index (χ3n) is 7.37. The number of nitrogens with zero attached hydrogens (tertiary/aromatic N) is 4. The van der Waals surface area contributed by atoms with Crippen LogP contribution in [0, 0.1) is 0 Å². The lowest BCUT2D eigenvalue weighted by molar-refractivity contribution is -0.121. The van der Waals surface area contributed by atoms with E-state index in [9.17, 15) is 4.79 Å². The molecule has 1 saturated heterocycles. The van der Waals surface area contributed by atoms with E-state index in [-0.39, 0.29) is 5.78 Å². The Morgan fingerprint density at radius 1 is 1.14 bits per heavy atom. The van der Waals surface area contributed by atoms with Gasteiger partial charge in [0.05, 0.1) is 31.2 Å². The van der Waals surface area contributed by atoms with E-state index in [1.165, 1.54) is 0 Å². The average molecular weight is 498 g/mol. The lowest BCUT2D eigenvalue weighted by atomic mass is 9.85. The standard InChI is InChI=1S/C29H31N5O3/c1-4-37-25-17-21(6-8-24(25)33-11-13-36-14-12-33)31-27-28-30-9-10-34(28)18-23(32-27)19-5-7-22-20(15-19)16-26(35)29(22,2)3/h5-10,15,17-18H,4,11-14,16H2,1-3H3,(H,31,32). The van der Waals surface area contributed by atoms with Gasteiger partial charge in [0, 0.05) is 60.8 Å². The predicted octanol–water partition coefficient (Wildman–Crippen LogP) is 4.78. The quantitative estimate of drug-likeness (QED) is 0.411. The molecule has 1 N–H and O–H groups in total. The second-order valence-corrected chi connectivity index (χ2v) is 10.1. The number of hydrogen-bond donors (Lipinski definition) is 1. The molecule has 0 radical (unpaired) electrons. The highest BCUT2D eigenvalue weighted by Crippen LogP contribution is 2.38. The first-order valence-electron chi connectivity index (χ1n) is 12.8. The summed E-state index contributed by atoms with van der Waals surface area (Å²) in [4.78, 5) is 24.3. The minimum absolute atomic E-state index is 0.255. The van der Waals surface area contributed by atoms with Crippen molar-refractivity contribution in [3.63, 3.8) is 0 Å². The van der Waals surface area contributed by atoms with Crippen molar-refractivity contribution in [3.8, 4) is 17.0 Å². The number of nitrogens with one attached hydrogen (secondary N) is 1. The summed E-state index contributed by atoms with van der Waals surface area (Å²) in [6.45, 7) is 9.69. The number of ketones is 1. The molecule has 0 amide bonds. The number of Topliss-reactive ketones (excluding diaryl/α,β-unsaturated/α-hetero) is 1. The van der Waals surface area contributed by atoms with Crippen LogP contribution in [-0.4, -0.2) is 53.1 Å². The summed E-state index contributed by atoms with van der Waals surface area (Å²) in [5.74, 6) is 1.74. The largest absolute Gasteiger partial charge is 0.492 e. The Balaban J connectivity index is 1.36. The first kappa shape index (κ1) is 23.5. The Bertz CT molecular complexity index is 1490. The van der Waals surface area contributed by atoms with Gasteiger partial charge < -0.3 is 24.1 Å². The number of hydrogen-bond acceptors (Lipinski definition) is 7. The minimum Gasteiger partial charge on any atom is -0.492 e. The van der Waals surface area contributed by atoms with Crippen LogP contribution in [-0.2, 0) is 21.4 Å². The van der Waals surface area contributed by atoms with Crippen LogP contribution >= 0.6 is 0 Å². The third kappa shape index (κ3) is 4.21. The molecule has 1 aliphatic carbocycles. The van der Waals surface area contributed by atoms with Crippen molar-refractivity contribution in [1.82, 2.24) is 14.4 Å². The molecule has 0 spiro atoms. The van der Waals surface area contributed by atoms with Gasteiger partial charge in [-0.1, -0.05) is 12.1 Å². The maximum atomic E-state index is 12.5. The lowest BCUT2D eigenvalue weighted by Gasteiger charge is -2.30. The maximum absolute atomic E-state index is 12.5. The number of anilines is 3. The van der Waals surface area contributed by atoms with Crippen LogP contribution in [0.15, 0.2) is 55.0 Å². The lowest BCUT2D eigenvalue weighted by Crippen LogP contribution is -2.36. The van der Waals surface area contributed by atoms with Crippen LogP contribution in [0.4, 0.5) is 17.2 Å². The molecular weight excluding hydrogens is 466 g/mol. The average Bonchev–Trinajstić information content (AvgIpc) is 3.47. The molecule has 6 rings (SSSR count). The van der Waals surface area contributed by atoms with Crippen molar-refractivity contribution in [2.75, 3.05) is 43.1 Å². The van der Waals surface area contributed by atoms with Gasteiger partial charge in [0.2, 0.25) is 0 Å². The van der Waals surface area contributed by atoms with Crippen LogP contribution in [0.25, 0.3) is 16.9 Å². The number of imidazole rings is 1. The maximum Gasteiger partial charge on any atom is 0.180 e. The summed E-state index contributed by atoms with van der Waals surface area (Å²) in [7, 11) is 0.